The van der Waals surface area contributed by atoms with E-state index in [1.54, 1.807) is 0 Å². The third kappa shape index (κ3) is 2.33. The number of rotatable bonds is 1. The largest absolute Gasteiger partial charge is 0.353 e. The predicted octanol–water partition coefficient (Wildman–Crippen LogP) is 2.89. The van der Waals surface area contributed by atoms with Crippen LogP contribution in [0.4, 0.5) is 18.9 Å². The summed E-state index contributed by atoms with van der Waals surface area (Å²) in [6.07, 6.45) is 0. The number of benzene rings is 1. The number of hydrogen-bond acceptors (Lipinski definition) is 4. The number of guanidine groups is 1. The van der Waals surface area contributed by atoms with Crippen molar-refractivity contribution in [2.24, 2.45) is 4.40 Å². The number of hydrogen-bond donors (Lipinski definition) is 2. The molecule has 1 aromatic rings. The fourth-order valence-electron chi connectivity index (χ4n) is 1.34. The molecule has 0 atom stereocenters. The quantitative estimate of drug-likeness (QED) is 0.603. The molecule has 0 radical (unpaired) electrons. The second-order valence-corrected chi connectivity index (χ2v) is 4.59. The van der Waals surface area contributed by atoms with Crippen LogP contribution in [0.3, 0.4) is 0 Å². The zero-order valence-electron chi connectivity index (χ0n) is 9.14. The smallest absolute Gasteiger partial charge is 0.208 e. The first-order chi connectivity index (χ1) is 7.99. The van der Waals surface area contributed by atoms with Crippen LogP contribution in [0, 0.1) is 17.5 Å². The highest BCUT2D eigenvalue weighted by Gasteiger charge is 2.23. The van der Waals surface area contributed by atoms with Gasteiger partial charge in [0.05, 0.1) is 10.6 Å². The Hall–Kier alpha value is -1.37. The van der Waals surface area contributed by atoms with Crippen LogP contribution in [0.15, 0.2) is 15.4 Å². The Morgan fingerprint density at radius 3 is 2.65 bits per heavy atom. The minimum Gasteiger partial charge on any atom is -0.353 e. The molecule has 0 unspecified atom stereocenters. The van der Waals surface area contributed by atoms with E-state index in [-0.39, 0.29) is 16.6 Å². The van der Waals surface area contributed by atoms with Gasteiger partial charge in [0.1, 0.15) is 0 Å². The number of nitrogens with zero attached hydrogens (tertiary/aromatic N) is 1. The van der Waals surface area contributed by atoms with Gasteiger partial charge in [-0.25, -0.2) is 13.2 Å². The molecule has 0 saturated heterocycles. The summed E-state index contributed by atoms with van der Waals surface area (Å²) in [5.41, 5.74) is 0.171. The molecule has 1 heterocycles. The van der Waals surface area contributed by atoms with Crippen molar-refractivity contribution in [2.75, 3.05) is 5.32 Å². The summed E-state index contributed by atoms with van der Waals surface area (Å²) in [7, 11) is 0. The van der Waals surface area contributed by atoms with E-state index in [2.05, 4.69) is 15.0 Å². The molecule has 0 fully saturated rings. The maximum absolute atomic E-state index is 13.4. The van der Waals surface area contributed by atoms with Gasteiger partial charge >= 0.3 is 0 Å². The van der Waals surface area contributed by atoms with Crippen molar-refractivity contribution in [3.63, 3.8) is 0 Å². The Balaban J connectivity index is 2.32. The third-order valence-corrected chi connectivity index (χ3v) is 2.88. The fourth-order valence-corrected chi connectivity index (χ4v) is 2.00. The first-order valence-electron chi connectivity index (χ1n) is 4.95. The van der Waals surface area contributed by atoms with E-state index in [9.17, 15) is 13.2 Å². The van der Waals surface area contributed by atoms with Crippen molar-refractivity contribution < 1.29 is 13.2 Å². The Labute approximate surface area is 101 Å². The van der Waals surface area contributed by atoms with Crippen molar-refractivity contribution in [1.29, 1.82) is 0 Å². The Morgan fingerprint density at radius 2 is 2.00 bits per heavy atom. The summed E-state index contributed by atoms with van der Waals surface area (Å²) < 4.78 is 43.3. The molecule has 0 aromatic heterocycles. The minimum atomic E-state index is -1.48. The second kappa shape index (κ2) is 4.48. The van der Waals surface area contributed by atoms with Gasteiger partial charge in [0, 0.05) is 24.1 Å². The molecular weight excluding hydrogens is 251 g/mol. The average molecular weight is 261 g/mol. The van der Waals surface area contributed by atoms with Gasteiger partial charge in [-0.2, -0.15) is 4.40 Å². The van der Waals surface area contributed by atoms with Gasteiger partial charge in [-0.15, -0.1) is 0 Å². The van der Waals surface area contributed by atoms with Crippen molar-refractivity contribution in [2.45, 2.75) is 24.8 Å². The molecule has 7 heteroatoms. The lowest BCUT2D eigenvalue weighted by Gasteiger charge is -2.20. The SMILES string of the molecule is CC(C)NC1=NSc2c(cc(F)c(F)c2F)N1. The molecule has 0 spiro atoms. The van der Waals surface area contributed by atoms with Crippen LogP contribution >= 0.6 is 11.9 Å². The molecule has 17 heavy (non-hydrogen) atoms. The topological polar surface area (TPSA) is 36.4 Å². The molecular formula is C10H10F3N3S. The minimum absolute atomic E-state index is 0.0433. The lowest BCUT2D eigenvalue weighted by atomic mass is 10.3. The van der Waals surface area contributed by atoms with Gasteiger partial charge in [-0.1, -0.05) is 0 Å². The van der Waals surface area contributed by atoms with Crippen molar-refractivity contribution in [3.05, 3.63) is 23.5 Å². The molecule has 0 aliphatic carbocycles. The summed E-state index contributed by atoms with van der Waals surface area (Å²) >= 11 is 0.770. The first kappa shape index (κ1) is 12.1. The number of anilines is 1. The van der Waals surface area contributed by atoms with E-state index in [0.717, 1.165) is 18.0 Å². The monoisotopic (exact) mass is 261 g/mol. The standard InChI is InChI=1S/C10H10F3N3S/c1-4(2)14-10-15-6-3-5(11)7(12)8(13)9(6)17-16-10/h3-4H,1-2H3,(H2,14,15,16). The summed E-state index contributed by atoms with van der Waals surface area (Å²) in [5, 5.41) is 5.66. The van der Waals surface area contributed by atoms with E-state index in [4.69, 9.17) is 0 Å². The first-order valence-corrected chi connectivity index (χ1v) is 5.72. The molecule has 2 rings (SSSR count). The Kier molecular flexibility index (Phi) is 3.19. The maximum Gasteiger partial charge on any atom is 0.208 e. The van der Waals surface area contributed by atoms with Crippen LogP contribution in [0.25, 0.3) is 0 Å². The molecule has 1 aliphatic heterocycles. The summed E-state index contributed by atoms with van der Waals surface area (Å²) in [6.45, 7) is 3.80. The molecule has 0 bridgehead atoms. The number of nitrogens with one attached hydrogen (secondary N) is 2. The second-order valence-electron chi connectivity index (χ2n) is 3.82. The molecule has 2 N–H and O–H groups in total. The molecule has 92 valence electrons. The van der Waals surface area contributed by atoms with Crippen LogP contribution in [0.5, 0.6) is 0 Å². The van der Waals surface area contributed by atoms with Crippen molar-refractivity contribution in [3.8, 4) is 0 Å². The van der Waals surface area contributed by atoms with Crippen LogP contribution in [0.2, 0.25) is 0 Å². The molecule has 1 aliphatic rings. The van der Waals surface area contributed by atoms with Gasteiger partial charge in [0.25, 0.3) is 0 Å². The van der Waals surface area contributed by atoms with Crippen LogP contribution in [-0.2, 0) is 0 Å². The fraction of sp³-hybridized carbons (Fsp3) is 0.300. The van der Waals surface area contributed by atoms with Crippen molar-refractivity contribution >= 4 is 23.6 Å². The predicted molar refractivity (Wildman–Crippen MR) is 61.5 cm³/mol. The zero-order valence-corrected chi connectivity index (χ0v) is 9.96. The highest BCUT2D eigenvalue weighted by atomic mass is 32.2. The zero-order chi connectivity index (χ0) is 12.6. The molecule has 0 saturated carbocycles. The number of fused-ring (bicyclic) bond motifs is 1. The lowest BCUT2D eigenvalue weighted by Crippen LogP contribution is -2.36. The van der Waals surface area contributed by atoms with E-state index in [0.29, 0.717) is 5.96 Å². The number of halogens is 3. The Bertz CT molecular complexity index is 488. The van der Waals surface area contributed by atoms with Gasteiger partial charge in [0.2, 0.25) is 5.96 Å². The highest BCUT2D eigenvalue weighted by Crippen LogP contribution is 2.36. The average Bonchev–Trinajstić information content (AvgIpc) is 2.25. The molecule has 0 amide bonds. The summed E-state index contributed by atoms with van der Waals surface area (Å²) in [6, 6.07) is 1.04. The van der Waals surface area contributed by atoms with Crippen LogP contribution in [0.1, 0.15) is 13.8 Å². The maximum atomic E-state index is 13.4. The lowest BCUT2D eigenvalue weighted by molar-refractivity contribution is 0.436. The third-order valence-electron chi connectivity index (χ3n) is 2.02. The van der Waals surface area contributed by atoms with Crippen molar-refractivity contribution in [1.82, 2.24) is 5.32 Å². The Morgan fingerprint density at radius 1 is 1.29 bits per heavy atom. The van der Waals surface area contributed by atoms with Gasteiger partial charge in [0.15, 0.2) is 17.5 Å². The normalized spacial score (nSPS) is 14.1. The van der Waals surface area contributed by atoms with Crippen LogP contribution < -0.4 is 10.6 Å². The van der Waals surface area contributed by atoms with E-state index < -0.39 is 17.5 Å². The molecule has 3 nitrogen and oxygen atoms in total. The van der Waals surface area contributed by atoms with Gasteiger partial charge in [-0.05, 0) is 13.8 Å². The van der Waals surface area contributed by atoms with E-state index in [1.165, 1.54) is 0 Å². The van der Waals surface area contributed by atoms with Gasteiger partial charge in [-0.3, -0.25) is 0 Å². The highest BCUT2D eigenvalue weighted by molar-refractivity contribution is 7.98. The van der Waals surface area contributed by atoms with Crippen LogP contribution in [-0.4, -0.2) is 12.0 Å². The van der Waals surface area contributed by atoms with Gasteiger partial charge < -0.3 is 10.6 Å². The molecule has 1 aromatic carbocycles. The van der Waals surface area contributed by atoms with E-state index >= 15 is 0 Å². The summed E-state index contributed by atoms with van der Waals surface area (Å²) in [5.74, 6) is -3.53. The van der Waals surface area contributed by atoms with E-state index in [1.807, 2.05) is 13.8 Å². The summed E-state index contributed by atoms with van der Waals surface area (Å²) in [4.78, 5) is -0.0433.